The molecule has 8 heteroatoms. The van der Waals surface area contributed by atoms with E-state index in [0.29, 0.717) is 5.82 Å². The zero-order chi connectivity index (χ0) is 15.8. The maximum atomic E-state index is 11.7. The first-order chi connectivity index (χ1) is 9.66. The molecule has 0 amide bonds. The van der Waals surface area contributed by atoms with E-state index in [4.69, 9.17) is 9.88 Å². The van der Waals surface area contributed by atoms with Crippen LogP contribution >= 0.6 is 0 Å². The van der Waals surface area contributed by atoms with Gasteiger partial charge < -0.3 is 4.74 Å². The number of aromatic nitrogens is 3. The lowest BCUT2D eigenvalue weighted by molar-refractivity contribution is 0.402. The van der Waals surface area contributed by atoms with Gasteiger partial charge in [0.1, 0.15) is 17.0 Å². The highest BCUT2D eigenvalue weighted by molar-refractivity contribution is 7.89. The largest absolute Gasteiger partial charge is 0.495 e. The molecule has 0 unspecified atom stereocenters. The molecule has 2 N–H and O–H groups in total. The molecule has 0 radical (unpaired) electrons. The van der Waals surface area contributed by atoms with Crippen LogP contribution in [0.4, 0.5) is 0 Å². The van der Waals surface area contributed by atoms with E-state index >= 15 is 0 Å². The molecule has 0 aliphatic heterocycles. The molecule has 0 aliphatic carbocycles. The van der Waals surface area contributed by atoms with Crippen LogP contribution < -0.4 is 9.88 Å². The number of nitrogens with two attached hydrogens (primary N) is 1. The average Bonchev–Trinajstić information content (AvgIpc) is 2.84. The van der Waals surface area contributed by atoms with E-state index in [9.17, 15) is 8.42 Å². The molecule has 0 bridgehead atoms. The van der Waals surface area contributed by atoms with E-state index in [2.05, 4.69) is 10.1 Å². The maximum Gasteiger partial charge on any atom is 0.241 e. The molecule has 0 aliphatic rings. The second kappa shape index (κ2) is 5.12. The molecule has 0 spiro atoms. The van der Waals surface area contributed by atoms with Gasteiger partial charge in [0, 0.05) is 7.05 Å². The van der Waals surface area contributed by atoms with E-state index in [0.717, 1.165) is 5.56 Å². The van der Waals surface area contributed by atoms with Gasteiger partial charge in [-0.15, -0.1) is 0 Å². The minimum absolute atomic E-state index is 0.0495. The Labute approximate surface area is 123 Å². The van der Waals surface area contributed by atoms with Gasteiger partial charge in [0.2, 0.25) is 10.0 Å². The molecule has 0 saturated heterocycles. The van der Waals surface area contributed by atoms with Crippen LogP contribution in [0, 0.1) is 0 Å². The van der Waals surface area contributed by atoms with Crippen molar-refractivity contribution in [3.05, 3.63) is 35.9 Å². The Bertz CT molecular complexity index is 765. The normalized spacial score (nSPS) is 12.4. The van der Waals surface area contributed by atoms with E-state index in [-0.39, 0.29) is 10.6 Å². The SMILES string of the molecule is COc1ccc(C(C)(C)c2ncn(C)n2)cc1S(N)(=O)=O. The van der Waals surface area contributed by atoms with Crippen LogP contribution in [0.3, 0.4) is 0 Å². The third kappa shape index (κ3) is 2.91. The first kappa shape index (κ1) is 15.5. The van der Waals surface area contributed by atoms with E-state index in [1.165, 1.54) is 13.2 Å². The van der Waals surface area contributed by atoms with Crippen molar-refractivity contribution < 1.29 is 13.2 Å². The topological polar surface area (TPSA) is 100 Å². The smallest absolute Gasteiger partial charge is 0.241 e. The Morgan fingerprint density at radius 1 is 1.33 bits per heavy atom. The summed E-state index contributed by atoms with van der Waals surface area (Å²) in [7, 11) is -0.704. The van der Waals surface area contributed by atoms with E-state index in [1.54, 1.807) is 30.2 Å². The number of primary sulfonamides is 1. The molecule has 21 heavy (non-hydrogen) atoms. The summed E-state index contributed by atoms with van der Waals surface area (Å²) in [6.45, 7) is 3.83. The van der Waals surface area contributed by atoms with Gasteiger partial charge in [0.15, 0.2) is 5.82 Å². The highest BCUT2D eigenvalue weighted by atomic mass is 32.2. The Morgan fingerprint density at radius 2 is 2.00 bits per heavy atom. The number of nitrogens with zero attached hydrogens (tertiary/aromatic N) is 3. The zero-order valence-corrected chi connectivity index (χ0v) is 13.2. The molecule has 0 saturated carbocycles. The Morgan fingerprint density at radius 3 is 2.48 bits per heavy atom. The number of rotatable bonds is 4. The standard InChI is InChI=1S/C13H18N4O3S/c1-13(2,12-15-8-17(3)16-12)9-5-6-10(20-4)11(7-9)21(14,18)19/h5-8H,1-4H3,(H2,14,18,19). The lowest BCUT2D eigenvalue weighted by Crippen LogP contribution is -2.22. The van der Waals surface area contributed by atoms with E-state index in [1.807, 2.05) is 13.8 Å². The van der Waals surface area contributed by atoms with Gasteiger partial charge in [0.25, 0.3) is 0 Å². The average molecular weight is 310 g/mol. The van der Waals surface area contributed by atoms with Crippen LogP contribution in [0.25, 0.3) is 0 Å². The molecule has 0 fully saturated rings. The lowest BCUT2D eigenvalue weighted by atomic mass is 9.84. The minimum Gasteiger partial charge on any atom is -0.495 e. The van der Waals surface area contributed by atoms with Gasteiger partial charge in [-0.1, -0.05) is 6.07 Å². The Hall–Kier alpha value is -1.93. The summed E-state index contributed by atoms with van der Waals surface area (Å²) in [6, 6.07) is 4.87. The second-order valence-corrected chi connectivity index (χ2v) is 6.81. The second-order valence-electron chi connectivity index (χ2n) is 5.28. The fourth-order valence-corrected chi connectivity index (χ4v) is 2.77. The summed E-state index contributed by atoms with van der Waals surface area (Å²) in [4.78, 5) is 4.19. The number of aryl methyl sites for hydroxylation is 1. The highest BCUT2D eigenvalue weighted by Crippen LogP contribution is 2.33. The van der Waals surface area contributed by atoms with Crippen molar-refractivity contribution in [2.24, 2.45) is 12.2 Å². The van der Waals surface area contributed by atoms with Crippen LogP contribution in [-0.2, 0) is 22.5 Å². The van der Waals surface area contributed by atoms with Crippen molar-refractivity contribution in [3.63, 3.8) is 0 Å². The minimum atomic E-state index is -3.88. The molecule has 114 valence electrons. The summed E-state index contributed by atoms with van der Waals surface area (Å²) in [5.41, 5.74) is 0.172. The fourth-order valence-electron chi connectivity index (χ4n) is 2.04. The van der Waals surface area contributed by atoms with Crippen molar-refractivity contribution in [1.82, 2.24) is 14.8 Å². The highest BCUT2D eigenvalue weighted by Gasteiger charge is 2.29. The monoisotopic (exact) mass is 310 g/mol. The van der Waals surface area contributed by atoms with Crippen molar-refractivity contribution in [3.8, 4) is 5.75 Å². The lowest BCUT2D eigenvalue weighted by Gasteiger charge is -2.22. The number of methoxy groups -OCH3 is 1. The molecule has 1 heterocycles. The molecule has 1 aromatic carbocycles. The summed E-state index contributed by atoms with van der Waals surface area (Å²) in [5.74, 6) is 0.807. The first-order valence-electron chi connectivity index (χ1n) is 6.23. The number of sulfonamides is 1. The fraction of sp³-hybridized carbons (Fsp3) is 0.385. The number of hydrogen-bond donors (Lipinski definition) is 1. The predicted octanol–water partition coefficient (Wildman–Crippen LogP) is 0.797. The molecule has 0 atom stereocenters. The maximum absolute atomic E-state index is 11.7. The summed E-state index contributed by atoms with van der Waals surface area (Å²) in [5, 5.41) is 9.53. The zero-order valence-electron chi connectivity index (χ0n) is 12.4. The molecule has 7 nitrogen and oxygen atoms in total. The van der Waals surface area contributed by atoms with Gasteiger partial charge in [-0.3, -0.25) is 4.68 Å². The van der Waals surface area contributed by atoms with Gasteiger partial charge in [0.05, 0.1) is 12.5 Å². The van der Waals surface area contributed by atoms with Crippen molar-refractivity contribution in [1.29, 1.82) is 0 Å². The number of benzene rings is 1. The third-order valence-electron chi connectivity index (χ3n) is 3.35. The summed E-state index contributed by atoms with van der Waals surface area (Å²) < 4.78 is 30.0. The molecule has 2 aromatic rings. The van der Waals surface area contributed by atoms with Gasteiger partial charge in [-0.25, -0.2) is 18.5 Å². The van der Waals surface area contributed by atoms with Gasteiger partial charge in [-0.2, -0.15) is 5.10 Å². The van der Waals surface area contributed by atoms with Crippen LogP contribution in [0.1, 0.15) is 25.2 Å². The molecule has 2 rings (SSSR count). The molecule has 1 aromatic heterocycles. The van der Waals surface area contributed by atoms with Crippen LogP contribution in [0.15, 0.2) is 29.4 Å². The Balaban J connectivity index is 2.60. The van der Waals surface area contributed by atoms with Crippen molar-refractivity contribution in [2.75, 3.05) is 7.11 Å². The summed E-state index contributed by atoms with van der Waals surface area (Å²) >= 11 is 0. The summed E-state index contributed by atoms with van der Waals surface area (Å²) in [6.07, 6.45) is 1.60. The molecular weight excluding hydrogens is 292 g/mol. The van der Waals surface area contributed by atoms with Gasteiger partial charge >= 0.3 is 0 Å². The van der Waals surface area contributed by atoms with E-state index < -0.39 is 15.4 Å². The van der Waals surface area contributed by atoms with Crippen molar-refractivity contribution >= 4 is 10.0 Å². The van der Waals surface area contributed by atoms with Crippen molar-refractivity contribution in [2.45, 2.75) is 24.2 Å². The van der Waals surface area contributed by atoms with Crippen LogP contribution in [0.2, 0.25) is 0 Å². The van der Waals surface area contributed by atoms with Crippen LogP contribution in [0.5, 0.6) is 5.75 Å². The predicted molar refractivity (Wildman–Crippen MR) is 77.5 cm³/mol. The Kier molecular flexibility index (Phi) is 3.77. The van der Waals surface area contributed by atoms with Gasteiger partial charge in [-0.05, 0) is 31.5 Å². The van der Waals surface area contributed by atoms with Crippen LogP contribution in [-0.4, -0.2) is 30.3 Å². The molecular formula is C13H18N4O3S. The first-order valence-corrected chi connectivity index (χ1v) is 7.78. The third-order valence-corrected chi connectivity index (χ3v) is 4.28. The number of hydrogen-bond acceptors (Lipinski definition) is 5. The number of ether oxygens (including phenoxy) is 1. The quantitative estimate of drug-likeness (QED) is 0.900.